The second-order valence-electron chi connectivity index (χ2n) is 3.48. The van der Waals surface area contributed by atoms with E-state index in [1.165, 1.54) is 0 Å². The van der Waals surface area contributed by atoms with Crippen LogP contribution in [0.15, 0.2) is 0 Å². The molecule has 4 unspecified atom stereocenters. The average Bonchev–Trinajstić information content (AvgIpc) is 2.18. The minimum Gasteiger partial charge on any atom is -0.393 e. The van der Waals surface area contributed by atoms with E-state index in [0.29, 0.717) is 5.92 Å². The van der Waals surface area contributed by atoms with Crippen molar-refractivity contribution in [2.45, 2.75) is 37.3 Å². The number of nitrogens with two attached hydrogens (primary N) is 1. The lowest BCUT2D eigenvalue weighted by molar-refractivity contribution is 0.0494. The van der Waals surface area contributed by atoms with Gasteiger partial charge < -0.3 is 10.8 Å². The van der Waals surface area contributed by atoms with Gasteiger partial charge in [0, 0.05) is 11.5 Å². The molecule has 0 aromatic rings. The maximum Gasteiger partial charge on any atom is 0.0586 e. The van der Waals surface area contributed by atoms with Crippen molar-refractivity contribution in [3.05, 3.63) is 0 Å². The van der Waals surface area contributed by atoms with Crippen LogP contribution in [0.3, 0.4) is 0 Å². The minimum absolute atomic E-state index is 0.0550. The Labute approximate surface area is 75.3 Å². The molecule has 0 amide bonds. The number of fused-ring (bicyclic) bond motifs is 1. The second kappa shape index (κ2) is 3.61. The highest BCUT2D eigenvalue weighted by Crippen LogP contribution is 2.48. The lowest BCUT2D eigenvalue weighted by atomic mass is 9.69. The molecule has 2 aliphatic carbocycles. The zero-order valence-corrected chi connectivity index (χ0v) is 8.58. The molecular formula is C7H16NOPS. The van der Waals surface area contributed by atoms with Gasteiger partial charge in [-0.3, -0.25) is 0 Å². The fraction of sp³-hybridized carbons (Fsp3) is 1.00. The molecule has 0 radical (unpaired) electrons. The predicted octanol–water partition coefficient (Wildman–Crippen LogP) is 0.955. The Bertz CT molecular complexity index is 146. The van der Waals surface area contributed by atoms with Gasteiger partial charge in [-0.2, -0.15) is 12.2 Å². The fourth-order valence-electron chi connectivity index (χ4n) is 2.19. The van der Waals surface area contributed by atoms with Crippen molar-refractivity contribution in [3.8, 4) is 0 Å². The normalized spacial score (nSPS) is 46.9. The maximum atomic E-state index is 9.30. The van der Waals surface area contributed by atoms with Gasteiger partial charge in [0.15, 0.2) is 0 Å². The van der Waals surface area contributed by atoms with Crippen molar-refractivity contribution >= 4 is 20.7 Å². The molecule has 0 bridgehead atoms. The molecule has 66 valence electrons. The van der Waals surface area contributed by atoms with Crippen LogP contribution in [0, 0.1) is 5.92 Å². The fourth-order valence-corrected chi connectivity index (χ4v) is 2.19. The van der Waals surface area contributed by atoms with Gasteiger partial charge in [-0.25, -0.2) is 0 Å². The van der Waals surface area contributed by atoms with E-state index in [2.05, 4.69) is 20.7 Å². The summed E-state index contributed by atoms with van der Waals surface area (Å²) in [6, 6.07) is 0. The highest BCUT2D eigenvalue weighted by atomic mass is 32.7. The molecule has 2 aliphatic rings. The quantitative estimate of drug-likeness (QED) is 0.396. The minimum atomic E-state index is -0.0799. The van der Waals surface area contributed by atoms with E-state index in [0.717, 1.165) is 25.7 Å². The predicted molar refractivity (Wildman–Crippen MR) is 53.6 cm³/mol. The first-order valence-electron chi connectivity index (χ1n) is 3.95. The molecule has 2 nitrogen and oxygen atoms in total. The van der Waals surface area contributed by atoms with Gasteiger partial charge in [-0.15, -0.1) is 0 Å². The van der Waals surface area contributed by atoms with Crippen LogP contribution in [0.5, 0.6) is 0 Å². The standard InChI is InChI=1S/C7H13NO.H3PS/c8-7-3-1-5(7)6(9)2-4-7;1-2/h5-6,9H,1-4,8H2;2H,1H2. The molecule has 0 saturated heterocycles. The van der Waals surface area contributed by atoms with Crippen LogP contribution >= 0.6 is 20.7 Å². The number of hydrogen-bond acceptors (Lipinski definition) is 3. The third kappa shape index (κ3) is 1.57. The van der Waals surface area contributed by atoms with Crippen molar-refractivity contribution in [3.63, 3.8) is 0 Å². The smallest absolute Gasteiger partial charge is 0.0586 e. The van der Waals surface area contributed by atoms with Crippen molar-refractivity contribution < 1.29 is 5.11 Å². The Kier molecular flexibility index (Phi) is 3.21. The SMILES string of the molecule is NC12CCC(O)C1CC2.PS. The molecule has 2 rings (SSSR count). The van der Waals surface area contributed by atoms with Gasteiger partial charge in [0.1, 0.15) is 0 Å². The molecule has 3 N–H and O–H groups in total. The summed E-state index contributed by atoms with van der Waals surface area (Å²) >= 11 is 3.44. The van der Waals surface area contributed by atoms with Gasteiger partial charge >= 0.3 is 0 Å². The van der Waals surface area contributed by atoms with Crippen molar-refractivity contribution in [1.82, 2.24) is 0 Å². The summed E-state index contributed by atoms with van der Waals surface area (Å²) in [6.07, 6.45) is 4.18. The van der Waals surface area contributed by atoms with Crippen LogP contribution in [-0.2, 0) is 0 Å². The number of aliphatic hydroxyl groups excluding tert-OH is 1. The zero-order chi connectivity index (χ0) is 8.48. The van der Waals surface area contributed by atoms with E-state index < -0.39 is 0 Å². The number of thiol groups is 1. The van der Waals surface area contributed by atoms with Crippen LogP contribution in [0.4, 0.5) is 0 Å². The topological polar surface area (TPSA) is 46.2 Å². The van der Waals surface area contributed by atoms with Gasteiger partial charge in [0.2, 0.25) is 0 Å². The Hall–Kier alpha value is 0.700. The Morgan fingerprint density at radius 3 is 2.09 bits per heavy atom. The highest BCUT2D eigenvalue weighted by Gasteiger charge is 2.51. The van der Waals surface area contributed by atoms with E-state index in [1.807, 2.05) is 0 Å². The number of aliphatic hydroxyl groups is 1. The first-order valence-corrected chi connectivity index (χ1v) is 6.02. The molecule has 0 aromatic carbocycles. The van der Waals surface area contributed by atoms with Crippen molar-refractivity contribution in [2.75, 3.05) is 0 Å². The second-order valence-corrected chi connectivity index (χ2v) is 3.48. The molecule has 2 fully saturated rings. The molecule has 0 aromatic heterocycles. The molecular weight excluding hydrogens is 177 g/mol. The Morgan fingerprint density at radius 2 is 1.91 bits per heavy atom. The monoisotopic (exact) mass is 193 g/mol. The maximum absolute atomic E-state index is 9.30. The van der Waals surface area contributed by atoms with Crippen LogP contribution in [0.2, 0.25) is 0 Å². The van der Waals surface area contributed by atoms with Crippen molar-refractivity contribution in [2.24, 2.45) is 11.7 Å². The third-order valence-corrected chi connectivity index (χ3v) is 3.03. The Morgan fingerprint density at radius 1 is 1.36 bits per heavy atom. The molecule has 4 heteroatoms. The van der Waals surface area contributed by atoms with Crippen LogP contribution in [-0.4, -0.2) is 16.7 Å². The summed E-state index contributed by atoms with van der Waals surface area (Å²) in [7, 11) is 2.11. The highest BCUT2D eigenvalue weighted by molar-refractivity contribution is 8.31. The number of hydrogen-bond donors (Lipinski definition) is 3. The van der Waals surface area contributed by atoms with Gasteiger partial charge in [0.05, 0.1) is 6.10 Å². The summed E-state index contributed by atoms with van der Waals surface area (Å²) in [5.74, 6) is 0.442. The summed E-state index contributed by atoms with van der Waals surface area (Å²) in [6.45, 7) is 0. The summed E-state index contributed by atoms with van der Waals surface area (Å²) in [5, 5.41) is 9.30. The van der Waals surface area contributed by atoms with E-state index in [1.54, 1.807) is 0 Å². The van der Waals surface area contributed by atoms with E-state index in [4.69, 9.17) is 5.73 Å². The third-order valence-electron chi connectivity index (χ3n) is 3.03. The van der Waals surface area contributed by atoms with Crippen molar-refractivity contribution in [1.29, 1.82) is 0 Å². The van der Waals surface area contributed by atoms with Gasteiger partial charge in [-0.1, -0.05) is 8.44 Å². The van der Waals surface area contributed by atoms with Gasteiger partial charge in [-0.05, 0) is 25.7 Å². The molecule has 0 aliphatic heterocycles. The lowest BCUT2D eigenvalue weighted by Crippen LogP contribution is -2.53. The van der Waals surface area contributed by atoms with Gasteiger partial charge in [0.25, 0.3) is 0 Å². The molecule has 0 spiro atoms. The van der Waals surface area contributed by atoms with Crippen LogP contribution in [0.25, 0.3) is 0 Å². The Balaban J connectivity index is 0.000000281. The first kappa shape index (κ1) is 9.79. The summed E-state index contributed by atoms with van der Waals surface area (Å²) < 4.78 is 0. The van der Waals surface area contributed by atoms with Crippen LogP contribution < -0.4 is 5.73 Å². The molecule has 4 atom stereocenters. The molecule has 11 heavy (non-hydrogen) atoms. The van der Waals surface area contributed by atoms with E-state index in [9.17, 15) is 5.11 Å². The molecule has 0 heterocycles. The first-order chi connectivity index (χ1) is 5.22. The summed E-state index contributed by atoms with van der Waals surface area (Å²) in [4.78, 5) is 0. The summed E-state index contributed by atoms with van der Waals surface area (Å²) in [5.41, 5.74) is 5.99. The van der Waals surface area contributed by atoms with E-state index >= 15 is 0 Å². The molecule has 2 saturated carbocycles. The zero-order valence-electron chi connectivity index (χ0n) is 6.53. The lowest BCUT2D eigenvalue weighted by Gasteiger charge is -2.42. The number of rotatable bonds is 0. The average molecular weight is 193 g/mol. The van der Waals surface area contributed by atoms with Crippen LogP contribution in [0.1, 0.15) is 25.7 Å². The largest absolute Gasteiger partial charge is 0.393 e. The van der Waals surface area contributed by atoms with E-state index in [-0.39, 0.29) is 11.6 Å².